The van der Waals surface area contributed by atoms with Gasteiger partial charge in [0, 0.05) is 24.9 Å². The van der Waals surface area contributed by atoms with Crippen molar-refractivity contribution in [3.8, 4) is 17.2 Å². The molecule has 0 aliphatic rings. The highest BCUT2D eigenvalue weighted by molar-refractivity contribution is 6.33. The zero-order valence-electron chi connectivity index (χ0n) is 14.2. The number of aryl methyl sites for hydroxylation is 1. The highest BCUT2D eigenvalue weighted by Crippen LogP contribution is 2.26. The number of methoxy groups -OCH3 is 1. The van der Waals surface area contributed by atoms with Crippen molar-refractivity contribution in [2.45, 2.75) is 19.4 Å². The molecule has 2 aromatic carbocycles. The Hall–Kier alpha value is -2.86. The zero-order valence-corrected chi connectivity index (χ0v) is 15.0. The van der Waals surface area contributed by atoms with Crippen molar-refractivity contribution in [3.63, 3.8) is 0 Å². The lowest BCUT2D eigenvalue weighted by atomic mass is 10.2. The van der Waals surface area contributed by atoms with E-state index in [0.717, 1.165) is 11.3 Å². The molecule has 1 amide bonds. The third-order valence-corrected chi connectivity index (χ3v) is 4.14. The van der Waals surface area contributed by atoms with Gasteiger partial charge in [-0.25, -0.2) is 0 Å². The molecule has 0 saturated carbocycles. The van der Waals surface area contributed by atoms with E-state index in [1.807, 2.05) is 36.4 Å². The van der Waals surface area contributed by atoms with Crippen molar-refractivity contribution < 1.29 is 13.9 Å². The Morgan fingerprint density at radius 2 is 1.92 bits per heavy atom. The molecule has 0 fully saturated rings. The molecule has 3 aromatic rings. The van der Waals surface area contributed by atoms with Crippen molar-refractivity contribution >= 4 is 17.5 Å². The van der Waals surface area contributed by atoms with Crippen LogP contribution in [-0.2, 0) is 17.8 Å². The third kappa shape index (κ3) is 4.40. The second-order valence-corrected chi connectivity index (χ2v) is 5.98. The molecule has 0 unspecified atom stereocenters. The van der Waals surface area contributed by atoms with Gasteiger partial charge in [-0.15, -0.1) is 10.2 Å². The van der Waals surface area contributed by atoms with E-state index >= 15 is 0 Å². The summed E-state index contributed by atoms with van der Waals surface area (Å²) in [7, 11) is 1.60. The van der Waals surface area contributed by atoms with Gasteiger partial charge in [-0.3, -0.25) is 4.79 Å². The molecule has 134 valence electrons. The van der Waals surface area contributed by atoms with Gasteiger partial charge in [-0.05, 0) is 18.2 Å². The Balaban J connectivity index is 1.53. The van der Waals surface area contributed by atoms with Crippen LogP contribution in [0.4, 0.5) is 0 Å². The number of hydrogen-bond donors (Lipinski definition) is 1. The minimum absolute atomic E-state index is 0.103. The smallest absolute Gasteiger partial charge is 0.249 e. The monoisotopic (exact) mass is 371 g/mol. The molecular weight excluding hydrogens is 354 g/mol. The van der Waals surface area contributed by atoms with E-state index in [9.17, 15) is 4.79 Å². The molecule has 0 spiro atoms. The van der Waals surface area contributed by atoms with Gasteiger partial charge in [-0.1, -0.05) is 41.9 Å². The Bertz CT molecular complexity index is 895. The van der Waals surface area contributed by atoms with Gasteiger partial charge in [0.25, 0.3) is 0 Å². The number of benzene rings is 2. The largest absolute Gasteiger partial charge is 0.496 e. The molecule has 0 atom stereocenters. The zero-order chi connectivity index (χ0) is 18.4. The number of rotatable bonds is 7. The fourth-order valence-electron chi connectivity index (χ4n) is 2.45. The van der Waals surface area contributed by atoms with Crippen LogP contribution in [0.25, 0.3) is 11.5 Å². The number of aromatic nitrogens is 2. The van der Waals surface area contributed by atoms with E-state index < -0.39 is 0 Å². The number of halogens is 1. The molecule has 6 nitrogen and oxygen atoms in total. The van der Waals surface area contributed by atoms with Crippen LogP contribution in [0, 0.1) is 0 Å². The van der Waals surface area contributed by atoms with Crippen LogP contribution < -0.4 is 10.1 Å². The van der Waals surface area contributed by atoms with Crippen molar-refractivity contribution in [1.29, 1.82) is 0 Å². The standard InChI is InChI=1S/C19H18ClN3O3/c1-25-16-9-5-2-6-13(16)12-21-17(24)10-11-18-22-23-19(26-18)14-7-3-4-8-15(14)20/h2-9H,10-12H2,1H3,(H,21,24). The summed E-state index contributed by atoms with van der Waals surface area (Å²) in [6.45, 7) is 0.400. The number of hydrogen-bond acceptors (Lipinski definition) is 5. The van der Waals surface area contributed by atoms with Gasteiger partial charge in [0.2, 0.25) is 17.7 Å². The van der Waals surface area contributed by atoms with Crippen molar-refractivity contribution in [2.24, 2.45) is 0 Å². The van der Waals surface area contributed by atoms with Crippen LogP contribution in [0.2, 0.25) is 5.02 Å². The second kappa shape index (κ2) is 8.49. The summed E-state index contributed by atoms with van der Waals surface area (Å²) < 4.78 is 10.9. The summed E-state index contributed by atoms with van der Waals surface area (Å²) in [6, 6.07) is 14.8. The Kier molecular flexibility index (Phi) is 5.86. The molecule has 1 N–H and O–H groups in total. The lowest BCUT2D eigenvalue weighted by Gasteiger charge is -2.09. The Morgan fingerprint density at radius 1 is 1.15 bits per heavy atom. The molecule has 26 heavy (non-hydrogen) atoms. The summed E-state index contributed by atoms with van der Waals surface area (Å²) in [4.78, 5) is 12.1. The maximum atomic E-state index is 12.1. The normalized spacial score (nSPS) is 10.5. The molecule has 0 radical (unpaired) electrons. The number of carbonyl (C=O) groups excluding carboxylic acids is 1. The molecule has 7 heteroatoms. The lowest BCUT2D eigenvalue weighted by molar-refractivity contribution is -0.121. The quantitative estimate of drug-likeness (QED) is 0.686. The number of carbonyl (C=O) groups is 1. The number of amides is 1. The highest BCUT2D eigenvalue weighted by Gasteiger charge is 2.13. The number of nitrogens with one attached hydrogen (secondary N) is 1. The Morgan fingerprint density at radius 3 is 2.73 bits per heavy atom. The first-order valence-corrected chi connectivity index (χ1v) is 8.51. The number of ether oxygens (including phenoxy) is 1. The topological polar surface area (TPSA) is 77.2 Å². The number of nitrogens with zero attached hydrogens (tertiary/aromatic N) is 2. The summed E-state index contributed by atoms with van der Waals surface area (Å²) in [5.74, 6) is 1.38. The molecular formula is C19H18ClN3O3. The van der Waals surface area contributed by atoms with Gasteiger partial charge in [0.1, 0.15) is 5.75 Å². The van der Waals surface area contributed by atoms with E-state index in [4.69, 9.17) is 20.8 Å². The predicted molar refractivity (Wildman–Crippen MR) is 97.9 cm³/mol. The van der Waals surface area contributed by atoms with Gasteiger partial charge >= 0.3 is 0 Å². The van der Waals surface area contributed by atoms with E-state index in [2.05, 4.69) is 15.5 Å². The molecule has 1 heterocycles. The van der Waals surface area contributed by atoms with Gasteiger partial charge in [-0.2, -0.15) is 0 Å². The van der Waals surface area contributed by atoms with Crippen LogP contribution in [0.1, 0.15) is 17.9 Å². The summed E-state index contributed by atoms with van der Waals surface area (Å²) >= 11 is 6.12. The maximum absolute atomic E-state index is 12.1. The van der Waals surface area contributed by atoms with E-state index in [0.29, 0.717) is 35.3 Å². The predicted octanol–water partition coefficient (Wildman–Crippen LogP) is 3.65. The van der Waals surface area contributed by atoms with Gasteiger partial charge < -0.3 is 14.5 Å². The fraction of sp³-hybridized carbons (Fsp3) is 0.211. The SMILES string of the molecule is COc1ccccc1CNC(=O)CCc1nnc(-c2ccccc2Cl)o1. The molecule has 0 saturated heterocycles. The van der Waals surface area contributed by atoms with Crippen LogP contribution in [0.15, 0.2) is 52.9 Å². The van der Waals surface area contributed by atoms with Crippen molar-refractivity contribution in [2.75, 3.05) is 7.11 Å². The Labute approximate surface area is 156 Å². The molecule has 1 aromatic heterocycles. The lowest BCUT2D eigenvalue weighted by Crippen LogP contribution is -2.23. The third-order valence-electron chi connectivity index (χ3n) is 3.81. The van der Waals surface area contributed by atoms with Crippen LogP contribution in [-0.4, -0.2) is 23.2 Å². The number of para-hydroxylation sites is 1. The fourth-order valence-corrected chi connectivity index (χ4v) is 2.67. The van der Waals surface area contributed by atoms with Crippen LogP contribution >= 0.6 is 11.6 Å². The van der Waals surface area contributed by atoms with Gasteiger partial charge in [0.15, 0.2) is 0 Å². The molecule has 0 aliphatic heterocycles. The summed E-state index contributed by atoms with van der Waals surface area (Å²) in [5, 5.41) is 11.4. The minimum atomic E-state index is -0.103. The summed E-state index contributed by atoms with van der Waals surface area (Å²) in [6.07, 6.45) is 0.606. The average Bonchev–Trinajstić information content (AvgIpc) is 3.14. The average molecular weight is 372 g/mol. The maximum Gasteiger partial charge on any atom is 0.249 e. The first kappa shape index (κ1) is 17.9. The minimum Gasteiger partial charge on any atom is -0.496 e. The van der Waals surface area contributed by atoms with Crippen LogP contribution in [0.3, 0.4) is 0 Å². The molecule has 3 rings (SSSR count). The van der Waals surface area contributed by atoms with E-state index in [1.54, 1.807) is 19.2 Å². The summed E-state index contributed by atoms with van der Waals surface area (Å²) in [5.41, 5.74) is 1.59. The first-order valence-electron chi connectivity index (χ1n) is 8.13. The molecule has 0 aliphatic carbocycles. The van der Waals surface area contributed by atoms with Crippen molar-refractivity contribution in [1.82, 2.24) is 15.5 Å². The van der Waals surface area contributed by atoms with Crippen molar-refractivity contribution in [3.05, 3.63) is 65.0 Å². The molecule has 0 bridgehead atoms. The van der Waals surface area contributed by atoms with E-state index in [-0.39, 0.29) is 12.3 Å². The first-order chi connectivity index (χ1) is 12.7. The van der Waals surface area contributed by atoms with Gasteiger partial charge in [0.05, 0.1) is 17.7 Å². The van der Waals surface area contributed by atoms with E-state index in [1.165, 1.54) is 0 Å². The van der Waals surface area contributed by atoms with Crippen LogP contribution in [0.5, 0.6) is 5.75 Å². The second-order valence-electron chi connectivity index (χ2n) is 5.57. The highest BCUT2D eigenvalue weighted by atomic mass is 35.5.